The smallest absolute Gasteiger partial charge is 0.225 e. The molecule has 1 amide bonds. The van der Waals surface area contributed by atoms with Crippen molar-refractivity contribution in [2.24, 2.45) is 5.73 Å². The third-order valence-corrected chi connectivity index (χ3v) is 3.16. The van der Waals surface area contributed by atoms with Crippen LogP contribution in [0.25, 0.3) is 0 Å². The Morgan fingerprint density at radius 2 is 2.33 bits per heavy atom. The number of hydrogen-bond acceptors (Lipinski definition) is 2. The van der Waals surface area contributed by atoms with Gasteiger partial charge in [-0.1, -0.05) is 28.1 Å². The summed E-state index contributed by atoms with van der Waals surface area (Å²) in [5.74, 6) is 0.199. The Morgan fingerprint density at radius 3 is 2.93 bits per heavy atom. The minimum absolute atomic E-state index is 0.199. The van der Waals surface area contributed by atoms with Gasteiger partial charge in [0, 0.05) is 17.6 Å². The molecule has 1 aromatic carbocycles. The number of benzene rings is 1. The molecule has 80 valence electrons. The van der Waals surface area contributed by atoms with Crippen LogP contribution in [0.5, 0.6) is 0 Å². The summed E-state index contributed by atoms with van der Waals surface area (Å²) in [7, 11) is 0. The van der Waals surface area contributed by atoms with Crippen LogP contribution in [0.15, 0.2) is 28.7 Å². The summed E-state index contributed by atoms with van der Waals surface area (Å²) in [6.45, 7) is 1.17. The fraction of sp³-hybridized carbons (Fsp3) is 0.364. The molecule has 1 heterocycles. The molecule has 1 unspecified atom stereocenters. The number of β-lactam (4-membered cyclic amide) rings is 1. The van der Waals surface area contributed by atoms with Crippen LogP contribution in [0.2, 0.25) is 0 Å². The van der Waals surface area contributed by atoms with Crippen molar-refractivity contribution in [3.63, 3.8) is 0 Å². The maximum atomic E-state index is 11.3. The molecular formula is C11H13BrN2O. The van der Waals surface area contributed by atoms with Crippen LogP contribution in [-0.4, -0.2) is 23.9 Å². The van der Waals surface area contributed by atoms with Gasteiger partial charge in [-0.3, -0.25) is 4.79 Å². The van der Waals surface area contributed by atoms with E-state index in [0.29, 0.717) is 19.5 Å². The second kappa shape index (κ2) is 4.33. The molecule has 1 aliphatic heterocycles. The fourth-order valence-corrected chi connectivity index (χ4v) is 2.30. The van der Waals surface area contributed by atoms with E-state index in [1.807, 2.05) is 23.1 Å². The van der Waals surface area contributed by atoms with E-state index in [9.17, 15) is 4.79 Å². The molecule has 1 aliphatic rings. The SMILES string of the molecule is NCCN1C(=O)CC1c1cccc(Br)c1. The first-order valence-electron chi connectivity index (χ1n) is 4.97. The van der Waals surface area contributed by atoms with Crippen molar-refractivity contribution in [3.8, 4) is 0 Å². The number of nitrogens with two attached hydrogens (primary N) is 1. The zero-order valence-corrected chi connectivity index (χ0v) is 9.90. The molecule has 4 heteroatoms. The summed E-state index contributed by atoms with van der Waals surface area (Å²) < 4.78 is 1.05. The lowest BCUT2D eigenvalue weighted by atomic mass is 9.94. The minimum atomic E-state index is 0.199. The Balaban J connectivity index is 2.15. The van der Waals surface area contributed by atoms with Gasteiger partial charge in [0.2, 0.25) is 5.91 Å². The quantitative estimate of drug-likeness (QED) is 0.849. The standard InChI is InChI=1S/C11H13BrN2O/c12-9-3-1-2-8(6-9)10-7-11(15)14(10)5-4-13/h1-3,6,10H,4-5,7,13H2. The first-order chi connectivity index (χ1) is 7.22. The molecule has 0 spiro atoms. The molecule has 1 saturated heterocycles. The van der Waals surface area contributed by atoms with Crippen molar-refractivity contribution in [1.29, 1.82) is 0 Å². The van der Waals surface area contributed by atoms with E-state index in [-0.39, 0.29) is 11.9 Å². The Bertz CT molecular complexity index is 381. The number of likely N-dealkylation sites (tertiary alicyclic amines) is 1. The van der Waals surface area contributed by atoms with E-state index >= 15 is 0 Å². The van der Waals surface area contributed by atoms with Gasteiger partial charge in [0.25, 0.3) is 0 Å². The highest BCUT2D eigenvalue weighted by molar-refractivity contribution is 9.10. The van der Waals surface area contributed by atoms with Crippen molar-refractivity contribution in [1.82, 2.24) is 4.90 Å². The lowest BCUT2D eigenvalue weighted by Crippen LogP contribution is -2.48. The molecule has 1 atom stereocenters. The minimum Gasteiger partial charge on any atom is -0.334 e. The van der Waals surface area contributed by atoms with Crippen LogP contribution in [-0.2, 0) is 4.79 Å². The van der Waals surface area contributed by atoms with Crippen molar-refractivity contribution < 1.29 is 4.79 Å². The number of amides is 1. The summed E-state index contributed by atoms with van der Waals surface area (Å²) in [5, 5.41) is 0. The van der Waals surface area contributed by atoms with Gasteiger partial charge in [0.05, 0.1) is 12.5 Å². The average molecular weight is 269 g/mol. The monoisotopic (exact) mass is 268 g/mol. The van der Waals surface area contributed by atoms with Crippen LogP contribution < -0.4 is 5.73 Å². The summed E-state index contributed by atoms with van der Waals surface area (Å²) in [6, 6.07) is 8.30. The maximum absolute atomic E-state index is 11.3. The third-order valence-electron chi connectivity index (χ3n) is 2.67. The summed E-state index contributed by atoms with van der Waals surface area (Å²) in [4.78, 5) is 13.2. The topological polar surface area (TPSA) is 46.3 Å². The molecular weight excluding hydrogens is 256 g/mol. The molecule has 2 rings (SSSR count). The van der Waals surface area contributed by atoms with Crippen molar-refractivity contribution in [3.05, 3.63) is 34.3 Å². The van der Waals surface area contributed by atoms with Gasteiger partial charge in [-0.25, -0.2) is 0 Å². The molecule has 0 radical (unpaired) electrons. The number of hydrogen-bond donors (Lipinski definition) is 1. The van der Waals surface area contributed by atoms with E-state index in [1.165, 1.54) is 5.56 Å². The molecule has 0 saturated carbocycles. The molecule has 15 heavy (non-hydrogen) atoms. The lowest BCUT2D eigenvalue weighted by molar-refractivity contribution is -0.146. The van der Waals surface area contributed by atoms with Crippen LogP contribution in [0.4, 0.5) is 0 Å². The van der Waals surface area contributed by atoms with Gasteiger partial charge < -0.3 is 10.6 Å². The van der Waals surface area contributed by atoms with Crippen molar-refractivity contribution in [2.45, 2.75) is 12.5 Å². The number of halogens is 1. The van der Waals surface area contributed by atoms with E-state index in [1.54, 1.807) is 0 Å². The second-order valence-corrected chi connectivity index (χ2v) is 4.57. The summed E-state index contributed by atoms with van der Waals surface area (Å²) >= 11 is 3.43. The predicted octanol–water partition coefficient (Wildman–Crippen LogP) is 1.68. The van der Waals surface area contributed by atoms with Gasteiger partial charge in [-0.05, 0) is 17.7 Å². The van der Waals surface area contributed by atoms with Crippen molar-refractivity contribution in [2.75, 3.05) is 13.1 Å². The Kier molecular flexibility index (Phi) is 3.07. The number of carbonyl (C=O) groups excluding carboxylic acids is 1. The largest absolute Gasteiger partial charge is 0.334 e. The molecule has 1 fully saturated rings. The van der Waals surface area contributed by atoms with Crippen molar-refractivity contribution >= 4 is 21.8 Å². The van der Waals surface area contributed by atoms with E-state index in [4.69, 9.17) is 5.73 Å². The Hall–Kier alpha value is -0.870. The Morgan fingerprint density at radius 1 is 1.53 bits per heavy atom. The molecule has 2 N–H and O–H groups in total. The number of rotatable bonds is 3. The first kappa shape index (κ1) is 10.6. The first-order valence-corrected chi connectivity index (χ1v) is 5.76. The highest BCUT2D eigenvalue weighted by Crippen LogP contribution is 2.34. The highest BCUT2D eigenvalue weighted by atomic mass is 79.9. The zero-order chi connectivity index (χ0) is 10.8. The number of nitrogens with zero attached hydrogens (tertiary/aromatic N) is 1. The zero-order valence-electron chi connectivity index (χ0n) is 8.32. The fourth-order valence-electron chi connectivity index (χ4n) is 1.89. The van der Waals surface area contributed by atoms with Crippen LogP contribution >= 0.6 is 15.9 Å². The van der Waals surface area contributed by atoms with E-state index in [0.717, 1.165) is 4.47 Å². The third kappa shape index (κ3) is 2.06. The van der Waals surface area contributed by atoms with Gasteiger partial charge in [0.1, 0.15) is 0 Å². The van der Waals surface area contributed by atoms with Gasteiger partial charge >= 0.3 is 0 Å². The summed E-state index contributed by atoms with van der Waals surface area (Å²) in [5.41, 5.74) is 6.65. The predicted molar refractivity (Wildman–Crippen MR) is 62.3 cm³/mol. The summed E-state index contributed by atoms with van der Waals surface area (Å²) in [6.07, 6.45) is 0.608. The van der Waals surface area contributed by atoms with Crippen LogP contribution in [0.1, 0.15) is 18.0 Å². The van der Waals surface area contributed by atoms with Crippen LogP contribution in [0, 0.1) is 0 Å². The molecule has 0 aromatic heterocycles. The highest BCUT2D eigenvalue weighted by Gasteiger charge is 2.36. The van der Waals surface area contributed by atoms with E-state index in [2.05, 4.69) is 22.0 Å². The second-order valence-electron chi connectivity index (χ2n) is 3.65. The average Bonchev–Trinajstić information content (AvgIpc) is 2.22. The van der Waals surface area contributed by atoms with Crippen LogP contribution in [0.3, 0.4) is 0 Å². The Labute approximate surface area is 97.4 Å². The molecule has 0 bridgehead atoms. The maximum Gasteiger partial charge on any atom is 0.225 e. The van der Waals surface area contributed by atoms with Gasteiger partial charge in [0.15, 0.2) is 0 Å². The van der Waals surface area contributed by atoms with Gasteiger partial charge in [-0.15, -0.1) is 0 Å². The lowest BCUT2D eigenvalue weighted by Gasteiger charge is -2.40. The molecule has 0 aliphatic carbocycles. The number of carbonyl (C=O) groups is 1. The molecule has 3 nitrogen and oxygen atoms in total. The van der Waals surface area contributed by atoms with E-state index < -0.39 is 0 Å². The molecule has 1 aromatic rings. The van der Waals surface area contributed by atoms with Gasteiger partial charge in [-0.2, -0.15) is 0 Å². The normalized spacial score (nSPS) is 20.3.